The van der Waals surface area contributed by atoms with Crippen LogP contribution in [-0.2, 0) is 0 Å². The fourth-order valence-corrected chi connectivity index (χ4v) is 3.06. The summed E-state index contributed by atoms with van der Waals surface area (Å²) in [4.78, 5) is 16.8. The molecule has 1 aromatic carbocycles. The fourth-order valence-electron chi connectivity index (χ4n) is 2.77. The summed E-state index contributed by atoms with van der Waals surface area (Å²) < 4.78 is 5.89. The number of rotatable bonds is 4. The Morgan fingerprint density at radius 2 is 2.04 bits per heavy atom. The van der Waals surface area contributed by atoms with E-state index in [0.717, 1.165) is 18.6 Å². The number of nitro benzene ring substituents is 1. The Hall–Kier alpha value is -2.34. The van der Waals surface area contributed by atoms with Crippen LogP contribution in [0.25, 0.3) is 0 Å². The molecule has 7 heteroatoms. The lowest BCUT2D eigenvalue weighted by Gasteiger charge is -2.33. The van der Waals surface area contributed by atoms with Crippen LogP contribution in [0.2, 0.25) is 5.02 Å². The van der Waals surface area contributed by atoms with Crippen molar-refractivity contribution >= 4 is 23.0 Å². The standard InChI is InChI=1S/C16H16ClN3O3/c17-14-4-1-5-15(20(21)22)16(14)19-9-6-12(7-10-19)23-13-3-2-8-18-11-13/h1-5,8,11-12H,6-7,9-10H2. The second kappa shape index (κ2) is 6.83. The van der Waals surface area contributed by atoms with Gasteiger partial charge in [0.15, 0.2) is 0 Å². The monoisotopic (exact) mass is 333 g/mol. The van der Waals surface area contributed by atoms with Crippen LogP contribution in [0.1, 0.15) is 12.8 Å². The number of piperidine rings is 1. The minimum absolute atomic E-state index is 0.0455. The average molecular weight is 334 g/mol. The number of anilines is 1. The first-order valence-corrected chi connectivity index (χ1v) is 7.77. The number of nitro groups is 1. The van der Waals surface area contributed by atoms with Gasteiger partial charge in [-0.05, 0) is 18.2 Å². The van der Waals surface area contributed by atoms with Crippen molar-refractivity contribution in [3.05, 3.63) is 57.9 Å². The Balaban J connectivity index is 1.69. The quantitative estimate of drug-likeness (QED) is 0.630. The molecule has 0 amide bonds. The molecule has 0 spiro atoms. The molecule has 0 bridgehead atoms. The maximum absolute atomic E-state index is 11.2. The number of hydrogen-bond donors (Lipinski definition) is 0. The summed E-state index contributed by atoms with van der Waals surface area (Å²) in [6, 6.07) is 8.47. The van der Waals surface area contributed by atoms with Crippen LogP contribution in [-0.4, -0.2) is 29.1 Å². The smallest absolute Gasteiger partial charge is 0.294 e. The third-order valence-corrected chi connectivity index (χ3v) is 4.16. The van der Waals surface area contributed by atoms with E-state index in [1.165, 1.54) is 6.07 Å². The zero-order valence-electron chi connectivity index (χ0n) is 12.4. The molecule has 0 aliphatic carbocycles. The van der Waals surface area contributed by atoms with Gasteiger partial charge >= 0.3 is 0 Å². The highest BCUT2D eigenvalue weighted by atomic mass is 35.5. The molecular formula is C16H16ClN3O3. The minimum Gasteiger partial charge on any atom is -0.489 e. The Labute approximate surface area is 138 Å². The van der Waals surface area contributed by atoms with Crippen molar-refractivity contribution in [3.63, 3.8) is 0 Å². The molecule has 0 radical (unpaired) electrons. The van der Waals surface area contributed by atoms with E-state index in [0.29, 0.717) is 23.8 Å². The third kappa shape index (κ3) is 3.53. The predicted octanol–water partition coefficient (Wildman–Crippen LogP) is 3.69. The highest BCUT2D eigenvalue weighted by Crippen LogP contribution is 2.37. The summed E-state index contributed by atoms with van der Waals surface area (Å²) >= 11 is 6.19. The maximum Gasteiger partial charge on any atom is 0.294 e. The van der Waals surface area contributed by atoms with Crippen molar-refractivity contribution in [2.75, 3.05) is 18.0 Å². The molecular weight excluding hydrogens is 318 g/mol. The molecule has 2 heterocycles. The van der Waals surface area contributed by atoms with Crippen LogP contribution in [0.3, 0.4) is 0 Å². The Morgan fingerprint density at radius 1 is 1.26 bits per heavy atom. The highest BCUT2D eigenvalue weighted by Gasteiger charge is 2.27. The van der Waals surface area contributed by atoms with E-state index < -0.39 is 0 Å². The molecule has 0 saturated carbocycles. The largest absolute Gasteiger partial charge is 0.489 e. The summed E-state index contributed by atoms with van der Waals surface area (Å²) in [6.45, 7) is 1.32. The van der Waals surface area contributed by atoms with Crippen molar-refractivity contribution in [3.8, 4) is 5.75 Å². The molecule has 120 valence electrons. The summed E-state index contributed by atoms with van der Waals surface area (Å²) in [6.07, 6.45) is 5.02. The second-order valence-electron chi connectivity index (χ2n) is 5.36. The van der Waals surface area contributed by atoms with Crippen LogP contribution in [0.4, 0.5) is 11.4 Å². The normalized spacial score (nSPS) is 15.4. The third-order valence-electron chi connectivity index (χ3n) is 3.86. The van der Waals surface area contributed by atoms with Crippen molar-refractivity contribution in [1.82, 2.24) is 4.98 Å². The van der Waals surface area contributed by atoms with E-state index in [-0.39, 0.29) is 16.7 Å². The Morgan fingerprint density at radius 3 is 2.70 bits per heavy atom. The molecule has 23 heavy (non-hydrogen) atoms. The molecule has 2 aromatic rings. The zero-order chi connectivity index (χ0) is 16.2. The molecule has 1 aliphatic rings. The van der Waals surface area contributed by atoms with Gasteiger partial charge < -0.3 is 9.64 Å². The van der Waals surface area contributed by atoms with E-state index in [1.54, 1.807) is 24.5 Å². The Kier molecular flexibility index (Phi) is 4.62. The van der Waals surface area contributed by atoms with Gasteiger partial charge in [0, 0.05) is 38.2 Å². The second-order valence-corrected chi connectivity index (χ2v) is 5.76. The van der Waals surface area contributed by atoms with E-state index in [4.69, 9.17) is 16.3 Å². The molecule has 0 atom stereocenters. The van der Waals surface area contributed by atoms with Crippen LogP contribution in [0.5, 0.6) is 5.75 Å². The molecule has 0 unspecified atom stereocenters. The number of aromatic nitrogens is 1. The zero-order valence-corrected chi connectivity index (χ0v) is 13.1. The summed E-state index contributed by atoms with van der Waals surface area (Å²) in [7, 11) is 0. The number of ether oxygens (including phenoxy) is 1. The number of halogens is 1. The van der Waals surface area contributed by atoms with Crippen LogP contribution < -0.4 is 9.64 Å². The van der Waals surface area contributed by atoms with E-state index in [1.807, 2.05) is 17.0 Å². The molecule has 1 aliphatic heterocycles. The van der Waals surface area contributed by atoms with Crippen molar-refractivity contribution in [1.29, 1.82) is 0 Å². The SMILES string of the molecule is O=[N+]([O-])c1cccc(Cl)c1N1CCC(Oc2cccnc2)CC1. The van der Waals surface area contributed by atoms with Gasteiger partial charge in [0.05, 0.1) is 16.1 Å². The lowest BCUT2D eigenvalue weighted by Crippen LogP contribution is -2.38. The topological polar surface area (TPSA) is 68.5 Å². The number of benzene rings is 1. The van der Waals surface area contributed by atoms with Crippen molar-refractivity contribution in [2.45, 2.75) is 18.9 Å². The Bertz CT molecular complexity index is 688. The fraction of sp³-hybridized carbons (Fsp3) is 0.312. The van der Waals surface area contributed by atoms with Gasteiger partial charge in [0.25, 0.3) is 5.69 Å². The van der Waals surface area contributed by atoms with Gasteiger partial charge in [-0.3, -0.25) is 15.1 Å². The lowest BCUT2D eigenvalue weighted by molar-refractivity contribution is -0.384. The number of pyridine rings is 1. The summed E-state index contributed by atoms with van der Waals surface area (Å²) in [5, 5.41) is 11.6. The lowest BCUT2D eigenvalue weighted by atomic mass is 10.1. The van der Waals surface area contributed by atoms with Gasteiger partial charge in [-0.2, -0.15) is 0 Å². The van der Waals surface area contributed by atoms with Gasteiger partial charge in [-0.25, -0.2) is 0 Å². The van der Waals surface area contributed by atoms with Crippen molar-refractivity contribution < 1.29 is 9.66 Å². The minimum atomic E-state index is -0.389. The molecule has 0 N–H and O–H groups in total. The van der Waals surface area contributed by atoms with Gasteiger partial charge in [-0.15, -0.1) is 0 Å². The number of nitrogens with zero attached hydrogens (tertiary/aromatic N) is 3. The first kappa shape index (κ1) is 15.6. The average Bonchev–Trinajstić information content (AvgIpc) is 2.56. The van der Waals surface area contributed by atoms with Crippen molar-refractivity contribution in [2.24, 2.45) is 0 Å². The first-order valence-electron chi connectivity index (χ1n) is 7.39. The summed E-state index contributed by atoms with van der Waals surface area (Å²) in [5.74, 6) is 0.745. The number of hydrogen-bond acceptors (Lipinski definition) is 5. The molecule has 3 rings (SSSR count). The summed E-state index contributed by atoms with van der Waals surface area (Å²) in [5.41, 5.74) is 0.545. The maximum atomic E-state index is 11.2. The molecule has 1 fully saturated rings. The van der Waals surface area contributed by atoms with E-state index in [2.05, 4.69) is 4.98 Å². The van der Waals surface area contributed by atoms with Gasteiger partial charge in [-0.1, -0.05) is 17.7 Å². The molecule has 6 nitrogen and oxygen atoms in total. The van der Waals surface area contributed by atoms with E-state index in [9.17, 15) is 10.1 Å². The molecule has 1 aromatic heterocycles. The van der Waals surface area contributed by atoms with Gasteiger partial charge in [0.2, 0.25) is 0 Å². The number of para-hydroxylation sites is 1. The molecule has 1 saturated heterocycles. The predicted molar refractivity (Wildman–Crippen MR) is 88.2 cm³/mol. The highest BCUT2D eigenvalue weighted by molar-refractivity contribution is 6.33. The van der Waals surface area contributed by atoms with E-state index >= 15 is 0 Å². The first-order chi connectivity index (χ1) is 11.1. The van der Waals surface area contributed by atoms with Crippen LogP contribution >= 0.6 is 11.6 Å². The van der Waals surface area contributed by atoms with Crippen LogP contribution in [0, 0.1) is 10.1 Å². The van der Waals surface area contributed by atoms with Crippen LogP contribution in [0.15, 0.2) is 42.7 Å². The van der Waals surface area contributed by atoms with Gasteiger partial charge in [0.1, 0.15) is 17.5 Å².